The number of nitro groups is 2. The van der Waals surface area contributed by atoms with Crippen molar-refractivity contribution in [1.29, 1.82) is 0 Å². The molecule has 0 unspecified atom stereocenters. The van der Waals surface area contributed by atoms with Gasteiger partial charge >= 0.3 is 11.0 Å². The minimum absolute atomic E-state index is 0.0255. The van der Waals surface area contributed by atoms with Gasteiger partial charge < -0.3 is 10.1 Å². The Morgan fingerprint density at radius 1 is 1.18 bits per heavy atom. The fraction of sp³-hybridized carbons (Fsp3) is 0.294. The first-order valence-electron chi connectivity index (χ1n) is 8.15. The maximum atomic E-state index is 12.5. The summed E-state index contributed by atoms with van der Waals surface area (Å²) in [5, 5.41) is 25.8. The maximum absolute atomic E-state index is 12.5. The molecule has 28 heavy (non-hydrogen) atoms. The molecule has 2 rings (SSSR count). The lowest BCUT2D eigenvalue weighted by atomic mass is 10.0. The number of hydrogen-bond acceptors (Lipinski definition) is 8. The summed E-state index contributed by atoms with van der Waals surface area (Å²) in [6.45, 7) is 3.31. The molecule has 0 aliphatic heterocycles. The summed E-state index contributed by atoms with van der Waals surface area (Å²) in [4.78, 5) is 45.5. The van der Waals surface area contributed by atoms with Gasteiger partial charge in [0, 0.05) is 17.5 Å². The van der Waals surface area contributed by atoms with Crippen molar-refractivity contribution in [2.24, 2.45) is 0 Å². The number of benzene rings is 1. The van der Waals surface area contributed by atoms with Crippen LogP contribution in [-0.4, -0.2) is 27.8 Å². The standard InChI is InChI=1S/C17H17N3O7S/c1-10(2)27-16(21)8-13(12-5-3-4-6-14(12)19(23)24)18-17(22)11-7-15(20(25)26)28-9-11/h3-7,9-10,13H,8H2,1-2H3,(H,18,22)/t13-/m0/s1. The van der Waals surface area contributed by atoms with Crippen molar-refractivity contribution in [2.45, 2.75) is 32.4 Å². The predicted molar refractivity (Wildman–Crippen MR) is 100 cm³/mol. The molecule has 1 amide bonds. The summed E-state index contributed by atoms with van der Waals surface area (Å²) >= 11 is 0.779. The van der Waals surface area contributed by atoms with Gasteiger partial charge in [0.05, 0.1) is 39.5 Å². The van der Waals surface area contributed by atoms with E-state index in [0.29, 0.717) is 0 Å². The number of thiophene rings is 1. The van der Waals surface area contributed by atoms with E-state index in [1.807, 2.05) is 0 Å². The first-order chi connectivity index (χ1) is 13.2. The van der Waals surface area contributed by atoms with E-state index in [2.05, 4.69) is 5.32 Å². The number of nitrogens with one attached hydrogen (secondary N) is 1. The van der Waals surface area contributed by atoms with E-state index in [9.17, 15) is 29.8 Å². The molecule has 11 heteroatoms. The lowest BCUT2D eigenvalue weighted by Crippen LogP contribution is -2.31. The molecule has 0 aliphatic carbocycles. The highest BCUT2D eigenvalue weighted by Crippen LogP contribution is 2.29. The van der Waals surface area contributed by atoms with Crippen LogP contribution in [0.15, 0.2) is 35.7 Å². The molecule has 0 fully saturated rings. The Bertz CT molecular complexity index is 910. The molecule has 1 aromatic carbocycles. The number of rotatable bonds is 8. The fourth-order valence-corrected chi connectivity index (χ4v) is 3.15. The van der Waals surface area contributed by atoms with Crippen LogP contribution in [0.4, 0.5) is 10.7 Å². The number of para-hydroxylation sites is 1. The largest absolute Gasteiger partial charge is 0.463 e. The lowest BCUT2D eigenvalue weighted by Gasteiger charge is -2.19. The second-order valence-electron chi connectivity index (χ2n) is 6.02. The Morgan fingerprint density at radius 2 is 1.86 bits per heavy atom. The Morgan fingerprint density at radius 3 is 2.43 bits per heavy atom. The van der Waals surface area contributed by atoms with Crippen LogP contribution < -0.4 is 5.32 Å². The van der Waals surface area contributed by atoms with Gasteiger partial charge in [0.25, 0.3) is 11.6 Å². The Hall–Kier alpha value is -3.34. The van der Waals surface area contributed by atoms with Gasteiger partial charge in [0.2, 0.25) is 0 Å². The highest BCUT2D eigenvalue weighted by Gasteiger charge is 2.27. The molecule has 1 N–H and O–H groups in total. The number of carbonyl (C=O) groups excluding carboxylic acids is 2. The van der Waals surface area contributed by atoms with E-state index in [1.165, 1.54) is 23.6 Å². The third kappa shape index (κ3) is 5.33. The molecule has 0 spiro atoms. The van der Waals surface area contributed by atoms with Gasteiger partial charge in [-0.15, -0.1) is 0 Å². The molecule has 1 aromatic heterocycles. The third-order valence-corrected chi connectivity index (χ3v) is 4.46. The van der Waals surface area contributed by atoms with Crippen LogP contribution in [0.3, 0.4) is 0 Å². The van der Waals surface area contributed by atoms with Crippen molar-refractivity contribution in [3.05, 3.63) is 67.1 Å². The van der Waals surface area contributed by atoms with Gasteiger partial charge in [-0.1, -0.05) is 29.5 Å². The molecule has 1 heterocycles. The zero-order valence-corrected chi connectivity index (χ0v) is 15.8. The second kappa shape index (κ2) is 9.04. The number of nitrogens with zero attached hydrogens (tertiary/aromatic N) is 2. The monoisotopic (exact) mass is 407 g/mol. The maximum Gasteiger partial charge on any atom is 0.324 e. The smallest absolute Gasteiger partial charge is 0.324 e. The van der Waals surface area contributed by atoms with E-state index in [0.717, 1.165) is 17.4 Å². The molecule has 0 aliphatic rings. The zero-order chi connectivity index (χ0) is 20.8. The number of hydrogen-bond donors (Lipinski definition) is 1. The minimum atomic E-state index is -1.04. The van der Waals surface area contributed by atoms with Crippen LogP contribution in [0.5, 0.6) is 0 Å². The first-order valence-corrected chi connectivity index (χ1v) is 9.03. The number of carbonyl (C=O) groups is 2. The van der Waals surface area contributed by atoms with Gasteiger partial charge in [-0.2, -0.15) is 0 Å². The second-order valence-corrected chi connectivity index (χ2v) is 6.91. The summed E-state index contributed by atoms with van der Waals surface area (Å²) in [7, 11) is 0. The fourth-order valence-electron chi connectivity index (χ4n) is 2.45. The van der Waals surface area contributed by atoms with Gasteiger partial charge in [-0.3, -0.25) is 29.8 Å². The molecule has 1 atom stereocenters. The number of nitro benzene ring substituents is 1. The number of amides is 1. The average molecular weight is 407 g/mol. The van der Waals surface area contributed by atoms with Crippen molar-refractivity contribution in [3.8, 4) is 0 Å². The van der Waals surface area contributed by atoms with Crippen molar-refractivity contribution in [1.82, 2.24) is 5.32 Å². The topological polar surface area (TPSA) is 142 Å². The van der Waals surface area contributed by atoms with Crippen LogP contribution in [0.25, 0.3) is 0 Å². The van der Waals surface area contributed by atoms with Crippen molar-refractivity contribution < 1.29 is 24.2 Å². The molecule has 0 saturated carbocycles. The summed E-state index contributed by atoms with van der Waals surface area (Å²) < 4.78 is 5.08. The third-order valence-electron chi connectivity index (χ3n) is 3.58. The van der Waals surface area contributed by atoms with Crippen molar-refractivity contribution in [3.63, 3.8) is 0 Å². The molecule has 0 saturated heterocycles. The Labute approximate surface area is 163 Å². The zero-order valence-electron chi connectivity index (χ0n) is 15.0. The van der Waals surface area contributed by atoms with E-state index in [1.54, 1.807) is 19.9 Å². The SMILES string of the molecule is CC(C)OC(=O)C[C@H](NC(=O)c1csc([N+](=O)[O-])c1)c1ccccc1[N+](=O)[O-]. The molecule has 0 radical (unpaired) electrons. The molecule has 0 bridgehead atoms. The number of ether oxygens (including phenoxy) is 1. The summed E-state index contributed by atoms with van der Waals surface area (Å²) in [6, 6.07) is 5.77. The average Bonchev–Trinajstić information content (AvgIpc) is 3.11. The summed E-state index contributed by atoms with van der Waals surface area (Å²) in [5.74, 6) is -1.33. The van der Waals surface area contributed by atoms with Gasteiger partial charge in [0.15, 0.2) is 0 Å². The molecule has 10 nitrogen and oxygen atoms in total. The first kappa shape index (κ1) is 21.0. The Kier molecular flexibility index (Phi) is 6.77. The number of esters is 1. The highest BCUT2D eigenvalue weighted by molar-refractivity contribution is 7.13. The molecule has 2 aromatic rings. The molecular weight excluding hydrogens is 390 g/mol. The van der Waals surface area contributed by atoms with E-state index in [4.69, 9.17) is 4.74 Å². The van der Waals surface area contributed by atoms with Crippen molar-refractivity contribution >= 4 is 33.9 Å². The van der Waals surface area contributed by atoms with Gasteiger partial charge in [-0.25, -0.2) is 0 Å². The highest BCUT2D eigenvalue weighted by atomic mass is 32.1. The van der Waals surface area contributed by atoms with E-state index < -0.39 is 33.9 Å². The van der Waals surface area contributed by atoms with Crippen LogP contribution in [0.2, 0.25) is 0 Å². The van der Waals surface area contributed by atoms with Crippen LogP contribution >= 0.6 is 11.3 Å². The molecule has 148 valence electrons. The molecular formula is C17H17N3O7S. The van der Waals surface area contributed by atoms with E-state index in [-0.39, 0.29) is 28.2 Å². The normalized spacial score (nSPS) is 11.7. The van der Waals surface area contributed by atoms with E-state index >= 15 is 0 Å². The minimum Gasteiger partial charge on any atom is -0.463 e. The van der Waals surface area contributed by atoms with Crippen LogP contribution in [0, 0.1) is 20.2 Å². The van der Waals surface area contributed by atoms with Crippen LogP contribution in [-0.2, 0) is 9.53 Å². The summed E-state index contributed by atoms with van der Waals surface area (Å²) in [6.07, 6.45) is -0.727. The predicted octanol–water partition coefficient (Wildman–Crippen LogP) is 3.38. The van der Waals surface area contributed by atoms with Crippen LogP contribution in [0.1, 0.15) is 42.2 Å². The lowest BCUT2D eigenvalue weighted by molar-refractivity contribution is -0.385. The van der Waals surface area contributed by atoms with Crippen molar-refractivity contribution in [2.75, 3.05) is 0 Å². The van der Waals surface area contributed by atoms with Gasteiger partial charge in [-0.05, 0) is 13.8 Å². The Balaban J connectivity index is 2.32. The summed E-state index contributed by atoms with van der Waals surface area (Å²) in [5.41, 5.74) is -0.106. The van der Waals surface area contributed by atoms with Gasteiger partial charge in [0.1, 0.15) is 0 Å². The quantitative estimate of drug-likeness (QED) is 0.401.